The molecule has 2 rings (SSSR count). The quantitative estimate of drug-likeness (QED) is 0.654. The van der Waals surface area contributed by atoms with Crippen LogP contribution in [0.15, 0.2) is 24.3 Å². The van der Waals surface area contributed by atoms with Gasteiger partial charge in [-0.1, -0.05) is 26.0 Å². The summed E-state index contributed by atoms with van der Waals surface area (Å²) < 4.78 is 25.0. The van der Waals surface area contributed by atoms with Gasteiger partial charge in [0.05, 0.1) is 11.0 Å². The van der Waals surface area contributed by atoms with Crippen molar-refractivity contribution in [3.8, 4) is 0 Å². The molecule has 3 N–H and O–H groups in total. The normalized spacial score (nSPS) is 12.3. The highest BCUT2D eigenvalue weighted by molar-refractivity contribution is 7.89. The van der Waals surface area contributed by atoms with Crippen molar-refractivity contribution < 1.29 is 13.2 Å². The van der Waals surface area contributed by atoms with E-state index in [-0.39, 0.29) is 49.1 Å². The zero-order chi connectivity index (χ0) is 18.6. The van der Waals surface area contributed by atoms with Crippen molar-refractivity contribution in [3.63, 3.8) is 0 Å². The Kier molecular flexibility index (Phi) is 10.3. The fraction of sp³-hybridized carbons (Fsp3) is 0.529. The number of rotatable bonds is 8. The highest BCUT2D eigenvalue weighted by Crippen LogP contribution is 2.17. The second kappa shape index (κ2) is 10.8. The molecule has 0 bridgehead atoms. The molecule has 0 fully saturated rings. The maximum Gasteiger partial charge on any atom is 0.240 e. The molecule has 1 unspecified atom stereocenters. The number of hydrogen-bond acceptors (Lipinski definition) is 5. The van der Waals surface area contributed by atoms with E-state index < -0.39 is 9.84 Å². The first kappa shape index (κ1) is 25.7. The third-order valence-corrected chi connectivity index (χ3v) is 4.61. The van der Waals surface area contributed by atoms with E-state index in [0.717, 1.165) is 18.2 Å². The van der Waals surface area contributed by atoms with Crippen LogP contribution in [0.5, 0.6) is 0 Å². The van der Waals surface area contributed by atoms with Crippen LogP contribution < -0.4 is 11.1 Å². The second-order valence-corrected chi connectivity index (χ2v) is 8.94. The van der Waals surface area contributed by atoms with Gasteiger partial charge in [-0.25, -0.2) is 13.4 Å². The molecule has 27 heavy (non-hydrogen) atoms. The van der Waals surface area contributed by atoms with Crippen LogP contribution in [0.3, 0.4) is 0 Å². The lowest BCUT2D eigenvalue weighted by Gasteiger charge is -2.19. The Morgan fingerprint density at radius 1 is 1.26 bits per heavy atom. The number of benzene rings is 1. The van der Waals surface area contributed by atoms with Crippen molar-refractivity contribution in [1.29, 1.82) is 0 Å². The van der Waals surface area contributed by atoms with Crippen molar-refractivity contribution >= 4 is 51.6 Å². The molecule has 0 aliphatic rings. The summed E-state index contributed by atoms with van der Waals surface area (Å²) in [6, 6.07) is 7.20. The number of sulfone groups is 1. The molecule has 1 aromatic heterocycles. The number of imidazole rings is 1. The summed E-state index contributed by atoms with van der Waals surface area (Å²) in [5, 5.41) is 2.93. The van der Waals surface area contributed by atoms with Crippen LogP contribution >= 0.6 is 24.8 Å². The van der Waals surface area contributed by atoms with Gasteiger partial charge < -0.3 is 15.6 Å². The summed E-state index contributed by atoms with van der Waals surface area (Å²) in [4.78, 5) is 16.8. The molecule has 1 aromatic carbocycles. The number of para-hydroxylation sites is 2. The molecule has 2 aromatic rings. The number of halogens is 2. The lowest BCUT2D eigenvalue weighted by molar-refractivity contribution is -0.122. The zero-order valence-electron chi connectivity index (χ0n) is 15.7. The van der Waals surface area contributed by atoms with Gasteiger partial charge in [-0.2, -0.15) is 0 Å². The van der Waals surface area contributed by atoms with E-state index in [1.807, 2.05) is 18.2 Å². The average Bonchev–Trinajstić information content (AvgIpc) is 2.81. The Morgan fingerprint density at radius 2 is 1.89 bits per heavy atom. The van der Waals surface area contributed by atoms with Crippen molar-refractivity contribution in [1.82, 2.24) is 14.9 Å². The van der Waals surface area contributed by atoms with Crippen molar-refractivity contribution in [3.05, 3.63) is 30.1 Å². The third kappa shape index (κ3) is 7.65. The Hall–Kier alpha value is -1.35. The van der Waals surface area contributed by atoms with Gasteiger partial charge in [0.2, 0.25) is 5.91 Å². The van der Waals surface area contributed by atoms with Crippen LogP contribution in [-0.2, 0) is 26.9 Å². The van der Waals surface area contributed by atoms with E-state index in [4.69, 9.17) is 5.73 Å². The fourth-order valence-corrected chi connectivity index (χ4v) is 3.54. The van der Waals surface area contributed by atoms with Crippen LogP contribution in [0.4, 0.5) is 0 Å². The zero-order valence-corrected chi connectivity index (χ0v) is 18.2. The topological polar surface area (TPSA) is 107 Å². The first-order valence-corrected chi connectivity index (χ1v) is 10.4. The summed E-state index contributed by atoms with van der Waals surface area (Å²) in [5.41, 5.74) is 7.15. The summed E-state index contributed by atoms with van der Waals surface area (Å²) >= 11 is 0. The molecular formula is C17H28Cl2N4O3S. The first-order valence-electron chi connectivity index (χ1n) is 8.31. The van der Waals surface area contributed by atoms with Gasteiger partial charge in [-0.05, 0) is 24.5 Å². The van der Waals surface area contributed by atoms with Gasteiger partial charge in [0.1, 0.15) is 18.1 Å². The Labute approximate surface area is 172 Å². The highest BCUT2D eigenvalue weighted by atomic mass is 35.5. The number of carbonyl (C=O) groups excluding carboxylic acids is 1. The molecule has 0 saturated heterocycles. The number of nitrogens with one attached hydrogen (secondary N) is 1. The number of nitrogens with zero attached hydrogens (tertiary/aromatic N) is 2. The number of carbonyl (C=O) groups is 1. The van der Waals surface area contributed by atoms with Crippen molar-refractivity contribution in [2.45, 2.75) is 38.6 Å². The maximum atomic E-state index is 12.5. The molecule has 0 aliphatic heterocycles. The molecular weight excluding hydrogens is 411 g/mol. The van der Waals surface area contributed by atoms with Crippen molar-refractivity contribution in [2.75, 3.05) is 12.8 Å². The largest absolute Gasteiger partial charge is 0.351 e. The van der Waals surface area contributed by atoms with Crippen LogP contribution in [0.1, 0.15) is 26.1 Å². The molecule has 0 radical (unpaired) electrons. The van der Waals surface area contributed by atoms with E-state index in [2.05, 4.69) is 24.1 Å². The standard InChI is InChI=1S/C17H26N4O3S.2ClH/c1-12(2)8-13(9-18)19-17(22)10-21-15-7-5-4-6-14(15)20-16(21)11-25(3,23)24;;/h4-7,12-13H,8-11,18H2,1-3H3,(H,19,22);2*1H. The molecule has 0 spiro atoms. The molecule has 10 heteroatoms. The van der Waals surface area contributed by atoms with Gasteiger partial charge >= 0.3 is 0 Å². The molecule has 154 valence electrons. The number of fused-ring (bicyclic) bond motifs is 1. The monoisotopic (exact) mass is 438 g/mol. The van der Waals surface area contributed by atoms with Crippen LogP contribution in [0, 0.1) is 5.92 Å². The summed E-state index contributed by atoms with van der Waals surface area (Å²) in [5.74, 6) is 0.381. The predicted octanol–water partition coefficient (Wildman–Crippen LogP) is 1.91. The van der Waals surface area contributed by atoms with Crippen LogP contribution in [-0.4, -0.2) is 42.7 Å². The van der Waals surface area contributed by atoms with Crippen molar-refractivity contribution in [2.24, 2.45) is 11.7 Å². The Bertz CT molecular complexity index is 853. The molecule has 1 amide bonds. The molecule has 7 nitrogen and oxygen atoms in total. The minimum Gasteiger partial charge on any atom is -0.351 e. The lowest BCUT2D eigenvalue weighted by atomic mass is 10.0. The van der Waals surface area contributed by atoms with Crippen LogP contribution in [0.2, 0.25) is 0 Å². The Morgan fingerprint density at radius 3 is 2.44 bits per heavy atom. The van der Waals surface area contributed by atoms with Gasteiger partial charge in [-0.15, -0.1) is 24.8 Å². The van der Waals surface area contributed by atoms with E-state index >= 15 is 0 Å². The van der Waals surface area contributed by atoms with E-state index in [1.165, 1.54) is 0 Å². The first-order chi connectivity index (χ1) is 11.7. The van der Waals surface area contributed by atoms with Gasteiger partial charge in [-0.3, -0.25) is 4.79 Å². The summed E-state index contributed by atoms with van der Waals surface area (Å²) in [6.45, 7) is 4.52. The number of amides is 1. The number of nitrogens with two attached hydrogens (primary N) is 1. The summed E-state index contributed by atoms with van der Waals surface area (Å²) in [6.07, 6.45) is 1.95. The number of hydrogen-bond donors (Lipinski definition) is 2. The number of aromatic nitrogens is 2. The highest BCUT2D eigenvalue weighted by Gasteiger charge is 2.19. The minimum atomic E-state index is -3.26. The minimum absolute atomic E-state index is 0. The fourth-order valence-electron chi connectivity index (χ4n) is 2.85. The predicted molar refractivity (Wildman–Crippen MR) is 113 cm³/mol. The van der Waals surface area contributed by atoms with E-state index in [1.54, 1.807) is 10.6 Å². The molecule has 1 atom stereocenters. The molecule has 0 aliphatic carbocycles. The SMILES string of the molecule is CC(C)CC(CN)NC(=O)Cn1c(CS(C)(=O)=O)nc2ccccc21.Cl.Cl. The molecule has 1 heterocycles. The molecule has 0 saturated carbocycles. The van der Waals surface area contributed by atoms with Gasteiger partial charge in [0, 0.05) is 18.8 Å². The third-order valence-electron chi connectivity index (χ3n) is 3.83. The summed E-state index contributed by atoms with van der Waals surface area (Å²) in [7, 11) is -3.26. The average molecular weight is 439 g/mol. The Balaban J connectivity index is 0.00000338. The van der Waals surface area contributed by atoms with E-state index in [0.29, 0.717) is 23.8 Å². The second-order valence-electron chi connectivity index (χ2n) is 6.80. The smallest absolute Gasteiger partial charge is 0.240 e. The lowest BCUT2D eigenvalue weighted by Crippen LogP contribution is -2.42. The van der Waals surface area contributed by atoms with Gasteiger partial charge in [0.25, 0.3) is 0 Å². The van der Waals surface area contributed by atoms with Gasteiger partial charge in [0.15, 0.2) is 9.84 Å². The van der Waals surface area contributed by atoms with E-state index in [9.17, 15) is 13.2 Å². The maximum absolute atomic E-state index is 12.5. The van der Waals surface area contributed by atoms with Crippen LogP contribution in [0.25, 0.3) is 11.0 Å².